The van der Waals surface area contributed by atoms with Crippen molar-refractivity contribution in [2.24, 2.45) is 0 Å². The van der Waals surface area contributed by atoms with Gasteiger partial charge in [0.2, 0.25) is 5.91 Å². The van der Waals surface area contributed by atoms with E-state index in [9.17, 15) is 4.79 Å². The third kappa shape index (κ3) is 4.34. The maximum Gasteiger partial charge on any atom is 0.233 e. The minimum Gasteiger partial charge on any atom is -0.351 e. The van der Waals surface area contributed by atoms with Crippen molar-refractivity contribution in [1.29, 1.82) is 0 Å². The molecule has 0 aliphatic carbocycles. The van der Waals surface area contributed by atoms with Crippen molar-refractivity contribution in [3.8, 4) is 10.7 Å². The van der Waals surface area contributed by atoms with Crippen LogP contribution in [-0.2, 0) is 17.9 Å². The lowest BCUT2D eigenvalue weighted by Crippen LogP contribution is -2.32. The van der Waals surface area contributed by atoms with E-state index >= 15 is 0 Å². The summed E-state index contributed by atoms with van der Waals surface area (Å²) in [7, 11) is 0. The number of nitrogens with one attached hydrogen (secondary N) is 1. The van der Waals surface area contributed by atoms with Crippen LogP contribution in [0.1, 0.15) is 25.8 Å². The van der Waals surface area contributed by atoms with E-state index in [0.717, 1.165) is 34.4 Å². The molecule has 0 fully saturated rings. The first-order chi connectivity index (χ1) is 12.7. The minimum atomic E-state index is -0.190. The molecule has 3 rings (SSSR count). The van der Waals surface area contributed by atoms with Gasteiger partial charge in [0, 0.05) is 13.1 Å². The van der Waals surface area contributed by atoms with Crippen molar-refractivity contribution in [3.05, 3.63) is 53.4 Å². The Balaban J connectivity index is 1.69. The molecule has 0 aliphatic rings. The number of rotatable bonds is 8. The molecule has 136 valence electrons. The van der Waals surface area contributed by atoms with Gasteiger partial charge in [-0.3, -0.25) is 4.79 Å². The van der Waals surface area contributed by atoms with Gasteiger partial charge in [0.1, 0.15) is 0 Å². The highest BCUT2D eigenvalue weighted by Crippen LogP contribution is 2.30. The molecule has 3 aromatic rings. The predicted octanol–water partition coefficient (Wildman–Crippen LogP) is 4.21. The van der Waals surface area contributed by atoms with Crippen molar-refractivity contribution < 1.29 is 4.79 Å². The minimum absolute atomic E-state index is 0.0321. The summed E-state index contributed by atoms with van der Waals surface area (Å²) in [6.07, 6.45) is 0.732. The van der Waals surface area contributed by atoms with Gasteiger partial charge in [-0.15, -0.1) is 21.5 Å². The summed E-state index contributed by atoms with van der Waals surface area (Å²) in [5.74, 6) is 0.897. The zero-order chi connectivity index (χ0) is 18.4. The van der Waals surface area contributed by atoms with Gasteiger partial charge in [0.05, 0.1) is 10.1 Å². The summed E-state index contributed by atoms with van der Waals surface area (Å²) in [6, 6.07) is 14.0. The number of amides is 1. The number of hydrogen-bond acceptors (Lipinski definition) is 5. The Morgan fingerprint density at radius 1 is 1.19 bits per heavy atom. The third-order valence-electron chi connectivity index (χ3n) is 4.00. The van der Waals surface area contributed by atoms with Crippen LogP contribution >= 0.6 is 23.1 Å². The molecule has 1 atom stereocenters. The maximum atomic E-state index is 12.6. The summed E-state index contributed by atoms with van der Waals surface area (Å²) in [4.78, 5) is 13.7. The number of carbonyl (C=O) groups excluding carboxylic acids is 1. The van der Waals surface area contributed by atoms with E-state index < -0.39 is 0 Å². The Bertz CT molecular complexity index is 831. The first-order valence-corrected chi connectivity index (χ1v) is 10.4. The number of nitrogens with zero attached hydrogens (tertiary/aromatic N) is 3. The molecule has 1 N–H and O–H groups in total. The molecule has 1 unspecified atom stereocenters. The van der Waals surface area contributed by atoms with Crippen molar-refractivity contribution >= 4 is 29.0 Å². The van der Waals surface area contributed by atoms with Crippen molar-refractivity contribution in [2.75, 3.05) is 0 Å². The fourth-order valence-electron chi connectivity index (χ4n) is 2.60. The van der Waals surface area contributed by atoms with Crippen LogP contribution in [0, 0.1) is 0 Å². The van der Waals surface area contributed by atoms with Crippen LogP contribution in [0.4, 0.5) is 0 Å². The molecule has 7 heteroatoms. The molecule has 0 radical (unpaired) electrons. The van der Waals surface area contributed by atoms with Gasteiger partial charge in [-0.25, -0.2) is 0 Å². The van der Waals surface area contributed by atoms with E-state index in [-0.39, 0.29) is 11.2 Å². The second kappa shape index (κ2) is 9.00. The van der Waals surface area contributed by atoms with Crippen molar-refractivity contribution in [2.45, 2.75) is 43.8 Å². The molecule has 1 aromatic carbocycles. The number of thioether (sulfide) groups is 1. The van der Waals surface area contributed by atoms with Crippen molar-refractivity contribution in [3.63, 3.8) is 0 Å². The average molecular weight is 387 g/mol. The molecule has 2 heterocycles. The topological polar surface area (TPSA) is 59.8 Å². The Morgan fingerprint density at radius 2 is 2.00 bits per heavy atom. The summed E-state index contributed by atoms with van der Waals surface area (Å²) in [6.45, 7) is 5.40. The Hall–Kier alpha value is -2.12. The summed E-state index contributed by atoms with van der Waals surface area (Å²) >= 11 is 3.13. The molecule has 0 saturated carbocycles. The number of thiophene rings is 1. The first-order valence-electron chi connectivity index (χ1n) is 8.68. The first kappa shape index (κ1) is 18.7. The van der Waals surface area contributed by atoms with E-state index in [4.69, 9.17) is 0 Å². The molecule has 1 amide bonds. The second-order valence-electron chi connectivity index (χ2n) is 5.75. The van der Waals surface area contributed by atoms with Crippen LogP contribution in [0.5, 0.6) is 0 Å². The molecule has 0 saturated heterocycles. The van der Waals surface area contributed by atoms with Crippen LogP contribution in [0.25, 0.3) is 10.7 Å². The highest BCUT2D eigenvalue weighted by molar-refractivity contribution is 8.00. The standard InChI is InChI=1S/C19H22N4OS2/c1-3-15(18(24)20-13-14-9-6-5-7-10-14)26-19-22-21-17(23(19)4-2)16-11-8-12-25-16/h5-12,15H,3-4,13H2,1-2H3,(H,20,24). The number of benzene rings is 1. The summed E-state index contributed by atoms with van der Waals surface area (Å²) in [5, 5.41) is 14.3. The van der Waals surface area contributed by atoms with Gasteiger partial charge < -0.3 is 9.88 Å². The lowest BCUT2D eigenvalue weighted by molar-refractivity contribution is -0.120. The normalized spacial score (nSPS) is 12.1. The SMILES string of the molecule is CCC(Sc1nnc(-c2cccs2)n1CC)C(=O)NCc1ccccc1. The van der Waals surface area contributed by atoms with Crippen LogP contribution in [0.15, 0.2) is 53.0 Å². The lowest BCUT2D eigenvalue weighted by atomic mass is 10.2. The summed E-state index contributed by atoms with van der Waals surface area (Å²) in [5.41, 5.74) is 1.09. The number of hydrogen-bond donors (Lipinski definition) is 1. The number of aromatic nitrogens is 3. The fraction of sp³-hybridized carbons (Fsp3) is 0.316. The highest BCUT2D eigenvalue weighted by atomic mass is 32.2. The smallest absolute Gasteiger partial charge is 0.233 e. The maximum absolute atomic E-state index is 12.6. The van der Waals surface area contributed by atoms with Gasteiger partial charge >= 0.3 is 0 Å². The number of carbonyl (C=O) groups is 1. The fourth-order valence-corrected chi connectivity index (χ4v) is 4.36. The highest BCUT2D eigenvalue weighted by Gasteiger charge is 2.22. The lowest BCUT2D eigenvalue weighted by Gasteiger charge is -2.15. The van der Waals surface area contributed by atoms with Gasteiger partial charge in [-0.05, 0) is 30.4 Å². The average Bonchev–Trinajstić information content (AvgIpc) is 3.34. The quantitative estimate of drug-likeness (QED) is 0.589. The summed E-state index contributed by atoms with van der Waals surface area (Å²) < 4.78 is 2.07. The third-order valence-corrected chi connectivity index (χ3v) is 6.21. The Morgan fingerprint density at radius 3 is 2.65 bits per heavy atom. The van der Waals surface area contributed by atoms with Gasteiger partial charge in [0.15, 0.2) is 11.0 Å². The molecular formula is C19H22N4OS2. The molecule has 5 nitrogen and oxygen atoms in total. The molecule has 0 aliphatic heterocycles. The Kier molecular flexibility index (Phi) is 6.46. The van der Waals surface area contributed by atoms with Gasteiger partial charge in [-0.2, -0.15) is 0 Å². The Labute approximate surface area is 161 Å². The van der Waals surface area contributed by atoms with Crippen LogP contribution in [0.2, 0.25) is 0 Å². The van der Waals surface area contributed by atoms with E-state index in [2.05, 4.69) is 27.0 Å². The molecule has 0 bridgehead atoms. The van der Waals surface area contributed by atoms with Gasteiger partial charge in [0.25, 0.3) is 0 Å². The van der Waals surface area contributed by atoms with Crippen LogP contribution in [0.3, 0.4) is 0 Å². The van der Waals surface area contributed by atoms with E-state index in [1.54, 1.807) is 11.3 Å². The molecule has 26 heavy (non-hydrogen) atoms. The van der Waals surface area contributed by atoms with E-state index in [1.165, 1.54) is 11.8 Å². The van der Waals surface area contributed by atoms with E-state index in [1.807, 2.05) is 54.8 Å². The zero-order valence-corrected chi connectivity index (χ0v) is 16.5. The van der Waals surface area contributed by atoms with Crippen molar-refractivity contribution in [1.82, 2.24) is 20.1 Å². The van der Waals surface area contributed by atoms with E-state index in [0.29, 0.717) is 6.54 Å². The predicted molar refractivity (Wildman–Crippen MR) is 107 cm³/mol. The van der Waals surface area contributed by atoms with Crippen LogP contribution < -0.4 is 5.32 Å². The monoisotopic (exact) mass is 386 g/mol. The molecule has 2 aromatic heterocycles. The second-order valence-corrected chi connectivity index (χ2v) is 7.86. The molecular weight excluding hydrogens is 364 g/mol. The van der Waals surface area contributed by atoms with Crippen LogP contribution in [-0.4, -0.2) is 25.9 Å². The molecule has 0 spiro atoms. The zero-order valence-electron chi connectivity index (χ0n) is 14.9. The van der Waals surface area contributed by atoms with Gasteiger partial charge in [-0.1, -0.05) is 55.1 Å². The largest absolute Gasteiger partial charge is 0.351 e.